The number of hydrogen-bond acceptors (Lipinski definition) is 4. The smallest absolute Gasteiger partial charge is 0.254 e. The number of nitrogens with zero attached hydrogens (tertiary/aromatic N) is 2. The molecule has 1 saturated heterocycles. The van der Waals surface area contributed by atoms with Gasteiger partial charge in [0.1, 0.15) is 0 Å². The molecule has 2 fully saturated rings. The fraction of sp³-hybridized carbons (Fsp3) is 0.500. The second kappa shape index (κ2) is 7.21. The molecule has 26 heavy (non-hydrogen) atoms. The van der Waals surface area contributed by atoms with E-state index in [9.17, 15) is 14.7 Å². The summed E-state index contributed by atoms with van der Waals surface area (Å²) in [5.74, 6) is -0.0869. The Labute approximate surface area is 152 Å². The van der Waals surface area contributed by atoms with Crippen LogP contribution in [-0.4, -0.2) is 64.1 Å². The van der Waals surface area contributed by atoms with Gasteiger partial charge in [0.05, 0.1) is 11.7 Å². The summed E-state index contributed by atoms with van der Waals surface area (Å²) < 4.78 is 0. The lowest BCUT2D eigenvalue weighted by molar-refractivity contribution is -0.00169. The molecule has 2 atom stereocenters. The van der Waals surface area contributed by atoms with Gasteiger partial charge in [-0.15, -0.1) is 0 Å². The summed E-state index contributed by atoms with van der Waals surface area (Å²) in [5.41, 5.74) is 0.902. The molecule has 0 unspecified atom stereocenters. The number of piperazine rings is 1. The SMILES string of the molecule is O=C(c1cc(=O)[nH]c2ccccc12)N1CCN([C@H]2CCCC[C@@H]2O)CC1. The van der Waals surface area contributed by atoms with Crippen molar-refractivity contribution in [3.8, 4) is 0 Å². The van der Waals surface area contributed by atoms with E-state index in [1.54, 1.807) is 0 Å². The number of carbonyl (C=O) groups is 1. The molecule has 6 heteroatoms. The predicted molar refractivity (Wildman–Crippen MR) is 100 cm³/mol. The molecule has 138 valence electrons. The number of hydrogen-bond donors (Lipinski definition) is 2. The maximum Gasteiger partial charge on any atom is 0.254 e. The van der Waals surface area contributed by atoms with Gasteiger partial charge < -0.3 is 15.0 Å². The van der Waals surface area contributed by atoms with Gasteiger partial charge in [0, 0.05) is 49.2 Å². The number of nitrogens with one attached hydrogen (secondary N) is 1. The number of rotatable bonds is 2. The van der Waals surface area contributed by atoms with Gasteiger partial charge in [-0.1, -0.05) is 31.0 Å². The fourth-order valence-electron chi connectivity index (χ4n) is 4.33. The molecular formula is C20H25N3O3. The van der Waals surface area contributed by atoms with Crippen LogP contribution in [0.1, 0.15) is 36.0 Å². The number of H-pyrrole nitrogens is 1. The highest BCUT2D eigenvalue weighted by Gasteiger charge is 2.32. The zero-order chi connectivity index (χ0) is 18.1. The van der Waals surface area contributed by atoms with Crippen molar-refractivity contribution in [1.82, 2.24) is 14.8 Å². The van der Waals surface area contributed by atoms with Crippen LogP contribution in [0.4, 0.5) is 0 Å². The molecule has 1 aromatic heterocycles. The number of aromatic amines is 1. The summed E-state index contributed by atoms with van der Waals surface area (Å²) in [7, 11) is 0. The third kappa shape index (κ3) is 3.27. The number of pyridine rings is 1. The predicted octanol–water partition coefficient (Wildman–Crippen LogP) is 1.59. The normalized spacial score (nSPS) is 24.7. The van der Waals surface area contributed by atoms with Crippen LogP contribution in [0.25, 0.3) is 10.9 Å². The standard InChI is InChI=1S/C20H25N3O3/c24-18-8-4-3-7-17(18)22-9-11-23(12-10-22)20(26)15-13-19(25)21-16-6-2-1-5-14(15)16/h1-2,5-6,13,17-18,24H,3-4,7-12H2,(H,21,25)/t17-,18-/m0/s1. The van der Waals surface area contributed by atoms with Crippen LogP contribution in [0.2, 0.25) is 0 Å². The number of aromatic nitrogens is 1. The molecule has 2 heterocycles. The Bertz CT molecular complexity index is 855. The molecule has 2 aromatic rings. The zero-order valence-electron chi connectivity index (χ0n) is 14.9. The van der Waals surface area contributed by atoms with Crippen molar-refractivity contribution in [3.05, 3.63) is 46.2 Å². The highest BCUT2D eigenvalue weighted by molar-refractivity contribution is 6.05. The largest absolute Gasteiger partial charge is 0.391 e. The molecule has 0 radical (unpaired) electrons. The Balaban J connectivity index is 1.50. The van der Waals surface area contributed by atoms with E-state index in [4.69, 9.17) is 0 Å². The van der Waals surface area contributed by atoms with Crippen molar-refractivity contribution < 1.29 is 9.90 Å². The van der Waals surface area contributed by atoms with Crippen molar-refractivity contribution in [2.45, 2.75) is 37.8 Å². The van der Waals surface area contributed by atoms with Gasteiger partial charge in [-0.3, -0.25) is 14.5 Å². The van der Waals surface area contributed by atoms with Crippen molar-refractivity contribution in [2.75, 3.05) is 26.2 Å². The number of aliphatic hydroxyl groups is 1. The minimum atomic E-state index is -0.254. The monoisotopic (exact) mass is 355 g/mol. The van der Waals surface area contributed by atoms with Gasteiger partial charge in [-0.2, -0.15) is 0 Å². The number of para-hydroxylation sites is 1. The Kier molecular flexibility index (Phi) is 4.78. The Hall–Kier alpha value is -2.18. The lowest BCUT2D eigenvalue weighted by Gasteiger charge is -2.42. The molecule has 4 rings (SSSR count). The van der Waals surface area contributed by atoms with E-state index >= 15 is 0 Å². The van der Waals surface area contributed by atoms with E-state index in [0.717, 1.165) is 37.7 Å². The zero-order valence-corrected chi connectivity index (χ0v) is 14.9. The number of carbonyl (C=O) groups excluding carboxylic acids is 1. The summed E-state index contributed by atoms with van der Waals surface area (Å²) in [6.45, 7) is 2.80. The van der Waals surface area contributed by atoms with Crippen molar-refractivity contribution in [1.29, 1.82) is 0 Å². The van der Waals surface area contributed by atoms with E-state index in [2.05, 4.69) is 9.88 Å². The molecule has 2 aliphatic rings. The van der Waals surface area contributed by atoms with E-state index in [1.165, 1.54) is 12.5 Å². The molecule has 6 nitrogen and oxygen atoms in total. The lowest BCUT2D eigenvalue weighted by Crippen LogP contribution is -2.55. The van der Waals surface area contributed by atoms with E-state index in [1.807, 2.05) is 29.2 Å². The van der Waals surface area contributed by atoms with Gasteiger partial charge in [0.2, 0.25) is 5.56 Å². The summed E-state index contributed by atoms with van der Waals surface area (Å²) in [6, 6.07) is 9.03. The van der Waals surface area contributed by atoms with Crippen LogP contribution < -0.4 is 5.56 Å². The van der Waals surface area contributed by atoms with Crippen LogP contribution in [0.3, 0.4) is 0 Å². The molecule has 1 aliphatic heterocycles. The molecule has 1 aromatic carbocycles. The van der Waals surface area contributed by atoms with Gasteiger partial charge in [0.15, 0.2) is 0 Å². The second-order valence-corrected chi connectivity index (χ2v) is 7.34. The van der Waals surface area contributed by atoms with Gasteiger partial charge >= 0.3 is 0 Å². The summed E-state index contributed by atoms with van der Waals surface area (Å²) in [4.78, 5) is 31.9. The molecule has 1 aliphatic carbocycles. The van der Waals surface area contributed by atoms with E-state index in [0.29, 0.717) is 24.2 Å². The average molecular weight is 355 g/mol. The van der Waals surface area contributed by atoms with Crippen LogP contribution in [-0.2, 0) is 0 Å². The highest BCUT2D eigenvalue weighted by atomic mass is 16.3. The number of aliphatic hydroxyl groups excluding tert-OH is 1. The van der Waals surface area contributed by atoms with Gasteiger partial charge in [-0.25, -0.2) is 0 Å². The fourth-order valence-corrected chi connectivity index (χ4v) is 4.33. The van der Waals surface area contributed by atoms with Crippen molar-refractivity contribution >= 4 is 16.8 Å². The minimum Gasteiger partial charge on any atom is -0.391 e. The molecule has 1 saturated carbocycles. The molecular weight excluding hydrogens is 330 g/mol. The van der Waals surface area contributed by atoms with Crippen LogP contribution in [0.15, 0.2) is 35.1 Å². The maximum atomic E-state index is 13.0. The highest BCUT2D eigenvalue weighted by Crippen LogP contribution is 2.25. The lowest BCUT2D eigenvalue weighted by atomic mass is 9.91. The molecule has 2 N–H and O–H groups in total. The topological polar surface area (TPSA) is 76.6 Å². The van der Waals surface area contributed by atoms with Gasteiger partial charge in [-0.05, 0) is 18.9 Å². The molecule has 0 bridgehead atoms. The number of fused-ring (bicyclic) bond motifs is 1. The second-order valence-electron chi connectivity index (χ2n) is 7.34. The first kappa shape index (κ1) is 17.2. The number of benzene rings is 1. The summed E-state index contributed by atoms with van der Waals surface area (Å²) in [6.07, 6.45) is 3.93. The quantitative estimate of drug-likeness (QED) is 0.858. The summed E-state index contributed by atoms with van der Waals surface area (Å²) >= 11 is 0. The Morgan fingerprint density at radius 2 is 1.81 bits per heavy atom. The van der Waals surface area contributed by atoms with Crippen LogP contribution in [0, 0.1) is 0 Å². The first-order chi connectivity index (χ1) is 12.6. The van der Waals surface area contributed by atoms with E-state index < -0.39 is 0 Å². The van der Waals surface area contributed by atoms with E-state index in [-0.39, 0.29) is 23.6 Å². The Morgan fingerprint density at radius 3 is 2.58 bits per heavy atom. The maximum absolute atomic E-state index is 13.0. The first-order valence-corrected chi connectivity index (χ1v) is 9.47. The first-order valence-electron chi connectivity index (χ1n) is 9.47. The minimum absolute atomic E-state index is 0.0869. The van der Waals surface area contributed by atoms with Crippen LogP contribution >= 0.6 is 0 Å². The molecule has 0 spiro atoms. The third-order valence-corrected chi connectivity index (χ3v) is 5.75. The molecule has 1 amide bonds. The summed E-state index contributed by atoms with van der Waals surface area (Å²) in [5, 5.41) is 11.0. The van der Waals surface area contributed by atoms with Crippen molar-refractivity contribution in [2.24, 2.45) is 0 Å². The number of amides is 1. The third-order valence-electron chi connectivity index (χ3n) is 5.75. The Morgan fingerprint density at radius 1 is 1.08 bits per heavy atom. The van der Waals surface area contributed by atoms with Gasteiger partial charge in [0.25, 0.3) is 5.91 Å². The van der Waals surface area contributed by atoms with Crippen LogP contribution in [0.5, 0.6) is 0 Å². The van der Waals surface area contributed by atoms with Crippen molar-refractivity contribution in [3.63, 3.8) is 0 Å². The average Bonchev–Trinajstić information content (AvgIpc) is 2.67.